The summed E-state index contributed by atoms with van der Waals surface area (Å²) in [5, 5.41) is 0.182. The molecule has 0 saturated carbocycles. The van der Waals surface area contributed by atoms with Gasteiger partial charge in [-0.15, -0.1) is 0 Å². The highest BCUT2D eigenvalue weighted by Crippen LogP contribution is 2.08. The lowest BCUT2D eigenvalue weighted by Crippen LogP contribution is -2.28. The Morgan fingerprint density at radius 2 is 2.21 bits per heavy atom. The molecule has 3 N–H and O–H groups in total. The number of fused-ring (bicyclic) bond motifs is 1. The van der Waals surface area contributed by atoms with Crippen molar-refractivity contribution in [1.29, 1.82) is 0 Å². The summed E-state index contributed by atoms with van der Waals surface area (Å²) in [6, 6.07) is 3.81. The second-order valence-electron chi connectivity index (χ2n) is 2.80. The van der Waals surface area contributed by atoms with Crippen LogP contribution in [0.15, 0.2) is 23.0 Å². The van der Waals surface area contributed by atoms with Crippen molar-refractivity contribution in [3.8, 4) is 0 Å². The van der Waals surface area contributed by atoms with E-state index in [1.807, 2.05) is 0 Å². The topological polar surface area (TPSA) is 63.8 Å². The number of H-pyrrole nitrogens is 1. The first-order valence-electron chi connectivity index (χ1n) is 3.79. The Bertz CT molecular complexity index is 616. The van der Waals surface area contributed by atoms with E-state index < -0.39 is 11.4 Å². The molecule has 2 aromatic rings. The molecule has 0 aliphatic rings. The van der Waals surface area contributed by atoms with E-state index in [0.29, 0.717) is 5.52 Å². The van der Waals surface area contributed by atoms with Crippen LogP contribution in [0.25, 0.3) is 10.9 Å². The normalized spacial score (nSPS) is 10.6. The first kappa shape index (κ1) is 8.89. The molecule has 0 unspecified atom stereocenters. The number of nitrogen functional groups attached to an aromatic ring is 1. The molecule has 1 aromatic heterocycles. The fourth-order valence-electron chi connectivity index (χ4n) is 1.20. The summed E-state index contributed by atoms with van der Waals surface area (Å²) in [6.45, 7) is 0. The second kappa shape index (κ2) is 2.91. The number of nitrogens with one attached hydrogen (secondary N) is 1. The van der Waals surface area contributed by atoms with E-state index in [9.17, 15) is 9.18 Å². The van der Waals surface area contributed by atoms with E-state index in [-0.39, 0.29) is 10.2 Å². The number of hydrogen-bond donors (Lipinski definition) is 2. The van der Waals surface area contributed by atoms with E-state index in [2.05, 4.69) is 4.98 Å². The van der Waals surface area contributed by atoms with Crippen molar-refractivity contribution in [2.24, 2.45) is 0 Å². The van der Waals surface area contributed by atoms with Crippen molar-refractivity contribution in [3.05, 3.63) is 39.1 Å². The lowest BCUT2D eigenvalue weighted by atomic mass is 10.2. The predicted octanol–water partition coefficient (Wildman–Crippen LogP) is 0.912. The minimum Gasteiger partial charge on any atom is -0.334 e. The Kier molecular flexibility index (Phi) is 1.85. The number of aromatic nitrogens is 2. The number of hydrogen-bond acceptors (Lipinski definition) is 3. The van der Waals surface area contributed by atoms with Crippen LogP contribution in [-0.2, 0) is 0 Å². The molecule has 0 fully saturated rings. The first-order chi connectivity index (χ1) is 6.59. The van der Waals surface area contributed by atoms with Gasteiger partial charge in [-0.1, -0.05) is 0 Å². The highest BCUT2D eigenvalue weighted by atomic mass is 32.1. The molecule has 14 heavy (non-hydrogen) atoms. The predicted molar refractivity (Wildman–Crippen MR) is 53.5 cm³/mol. The van der Waals surface area contributed by atoms with Crippen LogP contribution in [0.2, 0.25) is 0 Å². The summed E-state index contributed by atoms with van der Waals surface area (Å²) >= 11 is 4.79. The molecule has 72 valence electrons. The molecule has 0 radical (unpaired) electrons. The first-order valence-corrected chi connectivity index (χ1v) is 4.20. The van der Waals surface area contributed by atoms with Gasteiger partial charge < -0.3 is 10.8 Å². The number of rotatable bonds is 0. The van der Waals surface area contributed by atoms with Gasteiger partial charge in [0, 0.05) is 0 Å². The third-order valence-corrected chi connectivity index (χ3v) is 2.19. The second-order valence-corrected chi connectivity index (χ2v) is 3.18. The monoisotopic (exact) mass is 211 g/mol. The van der Waals surface area contributed by atoms with Gasteiger partial charge in [0.1, 0.15) is 5.82 Å². The van der Waals surface area contributed by atoms with Crippen LogP contribution in [0.5, 0.6) is 0 Å². The highest BCUT2D eigenvalue weighted by molar-refractivity contribution is 7.71. The number of benzene rings is 1. The summed E-state index contributed by atoms with van der Waals surface area (Å²) in [6.07, 6.45) is 0. The Morgan fingerprint density at radius 3 is 2.93 bits per heavy atom. The van der Waals surface area contributed by atoms with Crippen molar-refractivity contribution in [3.63, 3.8) is 0 Å². The fraction of sp³-hybridized carbons (Fsp3) is 0. The molecule has 0 amide bonds. The van der Waals surface area contributed by atoms with Gasteiger partial charge in [-0.3, -0.25) is 4.79 Å². The third-order valence-electron chi connectivity index (χ3n) is 1.89. The van der Waals surface area contributed by atoms with Gasteiger partial charge in [0.2, 0.25) is 0 Å². The smallest absolute Gasteiger partial charge is 0.280 e. The average Bonchev–Trinajstić information content (AvgIpc) is 2.16. The molecule has 0 bridgehead atoms. The van der Waals surface area contributed by atoms with Crippen LogP contribution in [-0.4, -0.2) is 9.66 Å². The molecule has 1 aromatic carbocycles. The molecule has 0 spiro atoms. The van der Waals surface area contributed by atoms with E-state index in [1.54, 1.807) is 0 Å². The minimum atomic E-state index is -0.511. The van der Waals surface area contributed by atoms with Gasteiger partial charge >= 0.3 is 0 Å². The zero-order valence-electron chi connectivity index (χ0n) is 6.95. The maximum absolute atomic E-state index is 12.8. The Labute approximate surface area is 82.8 Å². The summed E-state index contributed by atoms with van der Waals surface area (Å²) in [7, 11) is 0. The quantitative estimate of drug-likeness (QED) is 0.503. The van der Waals surface area contributed by atoms with Gasteiger partial charge in [-0.25, -0.2) is 4.39 Å². The van der Waals surface area contributed by atoms with Crippen molar-refractivity contribution in [2.45, 2.75) is 0 Å². The number of nitrogens with zero attached hydrogens (tertiary/aromatic N) is 1. The molecule has 2 rings (SSSR count). The zero-order valence-corrected chi connectivity index (χ0v) is 7.77. The molecule has 4 nitrogen and oxygen atoms in total. The van der Waals surface area contributed by atoms with Crippen LogP contribution in [0, 0.1) is 10.6 Å². The van der Waals surface area contributed by atoms with Crippen LogP contribution in [0.1, 0.15) is 0 Å². The number of nitrogens with two attached hydrogens (primary N) is 1. The number of aromatic amines is 1. The molecular formula is C8H6FN3OS. The lowest BCUT2D eigenvalue weighted by Gasteiger charge is -2.01. The van der Waals surface area contributed by atoms with Crippen LogP contribution < -0.4 is 11.4 Å². The summed E-state index contributed by atoms with van der Waals surface area (Å²) in [5.74, 6) is 4.86. The summed E-state index contributed by atoms with van der Waals surface area (Å²) in [4.78, 5) is 14.2. The van der Waals surface area contributed by atoms with E-state index in [0.717, 1.165) is 10.7 Å². The van der Waals surface area contributed by atoms with E-state index in [4.69, 9.17) is 18.1 Å². The molecule has 0 saturated heterocycles. The van der Waals surface area contributed by atoms with Gasteiger partial charge in [0.25, 0.3) is 5.56 Å². The van der Waals surface area contributed by atoms with Crippen molar-refractivity contribution in [2.75, 3.05) is 5.84 Å². The zero-order chi connectivity index (χ0) is 10.3. The number of halogens is 1. The SMILES string of the molecule is Nn1c(=S)[nH]c2ccc(F)cc2c1=O. The molecule has 0 aliphatic carbocycles. The van der Waals surface area contributed by atoms with Gasteiger partial charge in [-0.05, 0) is 30.4 Å². The summed E-state index contributed by atoms with van der Waals surface area (Å²) in [5.41, 5.74) is -0.0358. The van der Waals surface area contributed by atoms with Gasteiger partial charge in [0.15, 0.2) is 4.77 Å². The minimum absolute atomic E-state index is 0.106. The van der Waals surface area contributed by atoms with E-state index >= 15 is 0 Å². The Balaban J connectivity index is 3.07. The molecule has 0 aliphatic heterocycles. The maximum atomic E-state index is 12.8. The van der Waals surface area contributed by atoms with Gasteiger partial charge in [-0.2, -0.15) is 4.68 Å². The molecule has 1 heterocycles. The van der Waals surface area contributed by atoms with Gasteiger partial charge in [0.05, 0.1) is 10.9 Å². The Hall–Kier alpha value is -1.69. The average molecular weight is 211 g/mol. The molecular weight excluding hydrogens is 205 g/mol. The maximum Gasteiger partial charge on any atom is 0.280 e. The van der Waals surface area contributed by atoms with Crippen LogP contribution in [0.4, 0.5) is 4.39 Å². The van der Waals surface area contributed by atoms with E-state index in [1.165, 1.54) is 12.1 Å². The standard InChI is InChI=1S/C8H6FN3OS/c9-4-1-2-6-5(3-4)7(13)12(10)8(14)11-6/h1-3H,10H2,(H,11,14). The fourth-order valence-corrected chi connectivity index (χ4v) is 1.39. The largest absolute Gasteiger partial charge is 0.334 e. The highest BCUT2D eigenvalue weighted by Gasteiger charge is 2.03. The third kappa shape index (κ3) is 1.20. The molecule has 6 heteroatoms. The Morgan fingerprint density at radius 1 is 1.50 bits per heavy atom. The van der Waals surface area contributed by atoms with Crippen molar-refractivity contribution < 1.29 is 4.39 Å². The van der Waals surface area contributed by atoms with Crippen molar-refractivity contribution >= 4 is 23.1 Å². The summed E-state index contributed by atoms with van der Waals surface area (Å²) < 4.78 is 13.7. The van der Waals surface area contributed by atoms with Crippen molar-refractivity contribution in [1.82, 2.24) is 9.66 Å². The van der Waals surface area contributed by atoms with Crippen LogP contribution in [0.3, 0.4) is 0 Å². The molecule has 0 atom stereocenters. The lowest BCUT2D eigenvalue weighted by molar-refractivity contribution is 0.629. The van der Waals surface area contributed by atoms with Crippen LogP contribution >= 0.6 is 12.2 Å².